The molecular formula is C2H4N2S. The lowest BCUT2D eigenvalue weighted by molar-refractivity contribution is 0.946. The highest BCUT2D eigenvalue weighted by Crippen LogP contribution is 1.94. The third-order valence-corrected chi connectivity index (χ3v) is 0.891. The molecule has 5 heavy (non-hydrogen) atoms. The molecule has 28 valence electrons. The minimum absolute atomic E-state index is 0.944. The molecule has 1 saturated heterocycles. The van der Waals surface area contributed by atoms with Crippen molar-refractivity contribution in [3.63, 3.8) is 0 Å². The summed E-state index contributed by atoms with van der Waals surface area (Å²) in [7, 11) is 0. The van der Waals surface area contributed by atoms with E-state index < -0.39 is 0 Å². The van der Waals surface area contributed by atoms with E-state index in [1.165, 1.54) is 0 Å². The van der Waals surface area contributed by atoms with Gasteiger partial charge < -0.3 is 0 Å². The van der Waals surface area contributed by atoms with Gasteiger partial charge in [0.15, 0.2) is 6.67 Å². The Morgan fingerprint density at radius 1 is 1.80 bits per heavy atom. The first-order chi connectivity index (χ1) is 2.50. The van der Waals surface area contributed by atoms with Gasteiger partial charge in [-0.15, -0.1) is 0 Å². The van der Waals surface area contributed by atoms with Crippen LogP contribution in [0, 0.1) is 6.67 Å². The Labute approximate surface area is 35.5 Å². The first-order valence-corrected chi connectivity index (χ1v) is 2.33. The van der Waals surface area contributed by atoms with Gasteiger partial charge in [-0.2, -0.15) is 0 Å². The van der Waals surface area contributed by atoms with Gasteiger partial charge in [-0.05, 0) is 0 Å². The van der Waals surface area contributed by atoms with Crippen LogP contribution in [0.15, 0.2) is 0 Å². The normalized spacial score (nSPS) is 24.0. The van der Waals surface area contributed by atoms with Crippen molar-refractivity contribution in [1.82, 2.24) is 10.0 Å². The van der Waals surface area contributed by atoms with Crippen LogP contribution in [0.4, 0.5) is 0 Å². The van der Waals surface area contributed by atoms with Crippen LogP contribution >= 0.6 is 11.9 Å². The van der Waals surface area contributed by atoms with Crippen LogP contribution < -0.4 is 10.0 Å². The van der Waals surface area contributed by atoms with Gasteiger partial charge in [0.05, 0.1) is 5.88 Å². The maximum atomic E-state index is 2.82. The molecule has 3 heteroatoms. The van der Waals surface area contributed by atoms with Crippen LogP contribution in [-0.2, 0) is 0 Å². The van der Waals surface area contributed by atoms with Crippen LogP contribution in [0.2, 0.25) is 0 Å². The Morgan fingerprint density at radius 3 is 3.00 bits per heavy atom. The summed E-state index contributed by atoms with van der Waals surface area (Å²) >= 11 is 1.60. The maximum absolute atomic E-state index is 2.82. The summed E-state index contributed by atoms with van der Waals surface area (Å²) < 4.78 is 2.78. The fourth-order valence-corrected chi connectivity index (χ4v) is 0.541. The Balaban J connectivity index is 2.08. The van der Waals surface area contributed by atoms with E-state index >= 15 is 0 Å². The Morgan fingerprint density at radius 2 is 2.80 bits per heavy atom. The smallest absolute Gasteiger partial charge is 0.151 e. The van der Waals surface area contributed by atoms with Crippen LogP contribution in [0.25, 0.3) is 0 Å². The van der Waals surface area contributed by atoms with E-state index in [-0.39, 0.29) is 0 Å². The van der Waals surface area contributed by atoms with Crippen molar-refractivity contribution < 1.29 is 0 Å². The van der Waals surface area contributed by atoms with E-state index in [2.05, 4.69) is 16.7 Å². The monoisotopic (exact) mass is 88.0 g/mol. The molecule has 1 rings (SSSR count). The molecule has 0 aromatic heterocycles. The highest BCUT2D eigenvalue weighted by atomic mass is 32.2. The van der Waals surface area contributed by atoms with Gasteiger partial charge in [0.25, 0.3) is 0 Å². The molecule has 1 aliphatic rings. The average Bonchev–Trinajstić information content (AvgIpc) is 1.76. The van der Waals surface area contributed by atoms with Gasteiger partial charge in [0.1, 0.15) is 0 Å². The molecule has 2 radical (unpaired) electrons. The standard InChI is InChI=1S/C2H4N2S/c1-3-2-5-4-1/h3-4H,2H2. The van der Waals surface area contributed by atoms with E-state index in [0.717, 1.165) is 5.88 Å². The molecule has 0 unspecified atom stereocenters. The van der Waals surface area contributed by atoms with Crippen molar-refractivity contribution in [2.45, 2.75) is 0 Å². The molecule has 0 atom stereocenters. The van der Waals surface area contributed by atoms with Crippen molar-refractivity contribution >= 4 is 11.9 Å². The van der Waals surface area contributed by atoms with Crippen molar-refractivity contribution in [3.05, 3.63) is 6.67 Å². The quantitative estimate of drug-likeness (QED) is 0.400. The summed E-state index contributed by atoms with van der Waals surface area (Å²) in [6, 6.07) is 0. The fourth-order valence-electron chi connectivity index (χ4n) is 0.180. The predicted octanol–water partition coefficient (Wildman–Crippen LogP) is -0.219. The van der Waals surface area contributed by atoms with Gasteiger partial charge in [-0.25, -0.2) is 4.72 Å². The number of rotatable bonds is 0. The molecule has 0 bridgehead atoms. The number of nitrogens with one attached hydrogen (secondary N) is 2. The van der Waals surface area contributed by atoms with Gasteiger partial charge in [-0.3, -0.25) is 5.32 Å². The topological polar surface area (TPSA) is 24.1 Å². The molecule has 0 aliphatic carbocycles. The van der Waals surface area contributed by atoms with Gasteiger partial charge >= 0.3 is 0 Å². The van der Waals surface area contributed by atoms with Gasteiger partial charge in [0, 0.05) is 0 Å². The molecule has 0 aromatic carbocycles. The minimum Gasteiger partial charge on any atom is -0.283 e. The summed E-state index contributed by atoms with van der Waals surface area (Å²) in [5, 5.41) is 2.82. The van der Waals surface area contributed by atoms with E-state index in [1.807, 2.05) is 0 Å². The molecule has 1 aliphatic heterocycles. The van der Waals surface area contributed by atoms with Crippen LogP contribution in [-0.4, -0.2) is 5.88 Å². The summed E-state index contributed by atoms with van der Waals surface area (Å²) in [5.41, 5.74) is 0. The highest BCUT2D eigenvalue weighted by Gasteiger charge is 1.93. The second-order valence-electron chi connectivity index (χ2n) is 0.693. The molecule has 1 heterocycles. The van der Waals surface area contributed by atoms with Gasteiger partial charge in [0.2, 0.25) is 0 Å². The lowest BCUT2D eigenvalue weighted by Crippen LogP contribution is -2.01. The molecule has 2 N–H and O–H groups in total. The Bertz CT molecular complexity index is 19.2. The molecule has 0 saturated carbocycles. The van der Waals surface area contributed by atoms with Crippen LogP contribution in [0.3, 0.4) is 0 Å². The maximum Gasteiger partial charge on any atom is 0.151 e. The molecule has 0 spiro atoms. The highest BCUT2D eigenvalue weighted by molar-refractivity contribution is 7.97. The molecular weight excluding hydrogens is 84.1 g/mol. The molecule has 2 nitrogen and oxygen atoms in total. The summed E-state index contributed by atoms with van der Waals surface area (Å²) in [4.78, 5) is 0. The zero-order valence-corrected chi connectivity index (χ0v) is 3.43. The zero-order valence-electron chi connectivity index (χ0n) is 2.62. The first-order valence-electron chi connectivity index (χ1n) is 1.35. The molecule has 0 amide bonds. The Hall–Kier alpha value is 0.270. The molecule has 0 aromatic rings. The SMILES string of the molecule is [C]1NCSN1. The Kier molecular flexibility index (Phi) is 1.14. The van der Waals surface area contributed by atoms with Gasteiger partial charge in [-0.1, -0.05) is 11.9 Å². The number of hydrogen-bond acceptors (Lipinski definition) is 3. The van der Waals surface area contributed by atoms with E-state index in [4.69, 9.17) is 0 Å². The third kappa shape index (κ3) is 0.792. The van der Waals surface area contributed by atoms with E-state index in [0.29, 0.717) is 0 Å². The second-order valence-corrected chi connectivity index (χ2v) is 1.47. The van der Waals surface area contributed by atoms with Crippen molar-refractivity contribution in [2.75, 3.05) is 5.88 Å². The summed E-state index contributed by atoms with van der Waals surface area (Å²) in [6.45, 7) is 2.69. The van der Waals surface area contributed by atoms with Crippen molar-refractivity contribution in [2.24, 2.45) is 0 Å². The zero-order chi connectivity index (χ0) is 3.54. The third-order valence-electron chi connectivity index (χ3n) is 0.356. The average molecular weight is 88.1 g/mol. The number of hydrogen-bond donors (Lipinski definition) is 2. The fraction of sp³-hybridized carbons (Fsp3) is 0.500. The lowest BCUT2D eigenvalue weighted by Gasteiger charge is -1.71. The van der Waals surface area contributed by atoms with E-state index in [9.17, 15) is 0 Å². The predicted molar refractivity (Wildman–Crippen MR) is 22.0 cm³/mol. The van der Waals surface area contributed by atoms with E-state index in [1.54, 1.807) is 11.9 Å². The van der Waals surface area contributed by atoms with Crippen molar-refractivity contribution in [3.8, 4) is 0 Å². The summed E-state index contributed by atoms with van der Waals surface area (Å²) in [5.74, 6) is 0.944. The van der Waals surface area contributed by atoms with Crippen LogP contribution in [0.1, 0.15) is 0 Å². The first kappa shape index (κ1) is 3.46. The lowest BCUT2D eigenvalue weighted by atomic mass is 11.1. The largest absolute Gasteiger partial charge is 0.283 e. The summed E-state index contributed by atoms with van der Waals surface area (Å²) in [6.07, 6.45) is 0. The van der Waals surface area contributed by atoms with Crippen molar-refractivity contribution in [1.29, 1.82) is 0 Å². The second kappa shape index (κ2) is 1.64. The minimum atomic E-state index is 0.944. The molecule has 1 fully saturated rings. The van der Waals surface area contributed by atoms with Crippen LogP contribution in [0.5, 0.6) is 0 Å².